The molecular weight excluding hydrogens is 294 g/mol. The minimum absolute atomic E-state index is 0.141. The number of fused-ring (bicyclic) bond motifs is 1. The molecule has 0 aromatic heterocycles. The Morgan fingerprint density at radius 3 is 2.92 bits per heavy atom. The van der Waals surface area contributed by atoms with Crippen molar-refractivity contribution in [1.82, 2.24) is 5.01 Å². The van der Waals surface area contributed by atoms with Crippen LogP contribution in [0.5, 0.6) is 0 Å². The summed E-state index contributed by atoms with van der Waals surface area (Å²) in [6, 6.07) is 0.141. The fourth-order valence-corrected chi connectivity index (χ4v) is 2.84. The Hall–Kier alpha value is -2.16. The van der Waals surface area contributed by atoms with Crippen molar-refractivity contribution in [3.63, 3.8) is 0 Å². The second kappa shape index (κ2) is 9.21. The van der Waals surface area contributed by atoms with Crippen molar-refractivity contribution in [1.29, 1.82) is 0 Å². The van der Waals surface area contributed by atoms with E-state index in [4.69, 9.17) is 0 Å². The number of nitrogens with zero attached hydrogens (tertiary/aromatic N) is 3. The van der Waals surface area contributed by atoms with Gasteiger partial charge in [-0.3, -0.25) is 5.01 Å². The minimum atomic E-state index is 0.141. The van der Waals surface area contributed by atoms with Crippen molar-refractivity contribution >= 4 is 0 Å². The molecule has 0 amide bonds. The summed E-state index contributed by atoms with van der Waals surface area (Å²) in [7, 11) is 0. The van der Waals surface area contributed by atoms with Crippen LogP contribution in [0.2, 0.25) is 0 Å². The zero-order chi connectivity index (χ0) is 17.4. The molecule has 2 bridgehead atoms. The average Bonchev–Trinajstić information content (AvgIpc) is 2.84. The van der Waals surface area contributed by atoms with Gasteiger partial charge in [0.1, 0.15) is 0 Å². The maximum absolute atomic E-state index is 4.57. The van der Waals surface area contributed by atoms with Crippen LogP contribution in [0, 0.1) is 5.92 Å². The van der Waals surface area contributed by atoms with Crippen LogP contribution in [0.1, 0.15) is 33.6 Å². The summed E-state index contributed by atoms with van der Waals surface area (Å²) in [6.07, 6.45) is 19.1. The van der Waals surface area contributed by atoms with Crippen LogP contribution in [0.25, 0.3) is 0 Å². The Labute approximate surface area is 146 Å². The smallest absolute Gasteiger partial charge is 0.0798 e. The molecule has 1 aliphatic heterocycles. The highest BCUT2D eigenvalue weighted by atomic mass is 15.5. The molecule has 2 rings (SSSR count). The molecule has 2 aliphatic rings. The van der Waals surface area contributed by atoms with Crippen LogP contribution in [0.3, 0.4) is 0 Å². The van der Waals surface area contributed by atoms with Gasteiger partial charge in [0.15, 0.2) is 0 Å². The first-order chi connectivity index (χ1) is 11.6. The molecule has 0 aromatic rings. The van der Waals surface area contributed by atoms with Gasteiger partial charge in [-0.2, -0.15) is 5.11 Å². The maximum Gasteiger partial charge on any atom is 0.0798 e. The van der Waals surface area contributed by atoms with E-state index >= 15 is 0 Å². The van der Waals surface area contributed by atoms with Crippen molar-refractivity contribution in [2.45, 2.75) is 39.7 Å². The van der Waals surface area contributed by atoms with Gasteiger partial charge in [-0.1, -0.05) is 71.6 Å². The van der Waals surface area contributed by atoms with Crippen molar-refractivity contribution in [3.05, 3.63) is 71.9 Å². The maximum atomic E-state index is 4.57. The van der Waals surface area contributed by atoms with Crippen molar-refractivity contribution in [2.24, 2.45) is 16.3 Å². The highest BCUT2D eigenvalue weighted by Crippen LogP contribution is 2.24. The highest BCUT2D eigenvalue weighted by molar-refractivity contribution is 5.32. The van der Waals surface area contributed by atoms with Crippen LogP contribution in [0.4, 0.5) is 0 Å². The van der Waals surface area contributed by atoms with Gasteiger partial charge in [0.05, 0.1) is 12.6 Å². The lowest BCUT2D eigenvalue weighted by Crippen LogP contribution is -2.21. The van der Waals surface area contributed by atoms with Gasteiger partial charge >= 0.3 is 0 Å². The molecule has 3 heteroatoms. The first-order valence-electron chi connectivity index (χ1n) is 8.83. The summed E-state index contributed by atoms with van der Waals surface area (Å²) in [5.41, 5.74) is 4.08. The Morgan fingerprint density at radius 1 is 1.33 bits per heavy atom. The third-order valence-corrected chi connectivity index (χ3v) is 4.57. The van der Waals surface area contributed by atoms with Crippen molar-refractivity contribution in [3.8, 4) is 0 Å². The normalized spacial score (nSPS) is 29.6. The van der Waals surface area contributed by atoms with Crippen LogP contribution >= 0.6 is 0 Å². The van der Waals surface area contributed by atoms with E-state index in [0.29, 0.717) is 5.92 Å². The zero-order valence-corrected chi connectivity index (χ0v) is 15.2. The molecule has 1 aliphatic carbocycles. The summed E-state index contributed by atoms with van der Waals surface area (Å²) in [5.74, 6) is 0.307. The van der Waals surface area contributed by atoms with Crippen molar-refractivity contribution < 1.29 is 0 Å². The fraction of sp³-hybridized carbons (Fsp3) is 0.429. The van der Waals surface area contributed by atoms with E-state index < -0.39 is 0 Å². The van der Waals surface area contributed by atoms with Gasteiger partial charge in [-0.05, 0) is 39.2 Å². The molecule has 0 N–H and O–H groups in total. The largest absolute Gasteiger partial charge is 0.275 e. The molecule has 0 saturated heterocycles. The highest BCUT2D eigenvalue weighted by Gasteiger charge is 2.15. The minimum Gasteiger partial charge on any atom is -0.275 e. The lowest BCUT2D eigenvalue weighted by Gasteiger charge is -2.21. The molecular formula is C21H29N3. The number of allylic oxidation sites excluding steroid dienone is 7. The Morgan fingerprint density at radius 2 is 2.17 bits per heavy atom. The van der Waals surface area contributed by atoms with E-state index in [1.54, 1.807) is 0 Å². The number of hydrogen-bond acceptors (Lipinski definition) is 3. The SMILES string of the molecule is C=C/C=C\C1=C(/C)CCC2=CC(C=CC=C2)C(C)/N=N\N(CC)C1. The molecule has 24 heavy (non-hydrogen) atoms. The van der Waals surface area contributed by atoms with Gasteiger partial charge in [-0.15, -0.1) is 0 Å². The van der Waals surface area contributed by atoms with Gasteiger partial charge in [0.2, 0.25) is 0 Å². The van der Waals surface area contributed by atoms with E-state index in [0.717, 1.165) is 25.9 Å². The molecule has 0 radical (unpaired) electrons. The summed E-state index contributed by atoms with van der Waals surface area (Å²) in [6.45, 7) is 11.9. The Balaban J connectivity index is 2.37. The third kappa shape index (κ3) is 5.19. The topological polar surface area (TPSA) is 28.0 Å². The van der Waals surface area contributed by atoms with Crippen LogP contribution in [0.15, 0.2) is 82.2 Å². The molecule has 0 fully saturated rings. The Bertz CT molecular complexity index is 617. The predicted molar refractivity (Wildman–Crippen MR) is 103 cm³/mol. The van der Waals surface area contributed by atoms with Crippen LogP contribution in [-0.4, -0.2) is 24.1 Å². The molecule has 0 saturated carbocycles. The van der Waals surface area contributed by atoms with Gasteiger partial charge in [0.25, 0.3) is 0 Å². The lowest BCUT2D eigenvalue weighted by molar-refractivity contribution is 0.295. The molecule has 0 aromatic carbocycles. The Kier molecular flexibility index (Phi) is 6.98. The monoisotopic (exact) mass is 323 g/mol. The van der Waals surface area contributed by atoms with E-state index in [-0.39, 0.29) is 6.04 Å². The lowest BCUT2D eigenvalue weighted by atomic mass is 9.95. The van der Waals surface area contributed by atoms with E-state index in [2.05, 4.69) is 74.1 Å². The first kappa shape index (κ1) is 18.2. The zero-order valence-electron chi connectivity index (χ0n) is 15.2. The van der Waals surface area contributed by atoms with E-state index in [1.165, 1.54) is 16.7 Å². The quantitative estimate of drug-likeness (QED) is 0.623. The summed E-state index contributed by atoms with van der Waals surface area (Å²) in [5, 5.41) is 11.1. The fourth-order valence-electron chi connectivity index (χ4n) is 2.84. The van der Waals surface area contributed by atoms with Gasteiger partial charge in [0, 0.05) is 12.5 Å². The molecule has 1 heterocycles. The molecule has 3 nitrogen and oxygen atoms in total. The number of rotatable bonds is 3. The first-order valence-corrected chi connectivity index (χ1v) is 8.83. The summed E-state index contributed by atoms with van der Waals surface area (Å²) < 4.78 is 0. The molecule has 0 spiro atoms. The third-order valence-electron chi connectivity index (χ3n) is 4.57. The van der Waals surface area contributed by atoms with E-state index in [9.17, 15) is 0 Å². The van der Waals surface area contributed by atoms with Crippen LogP contribution < -0.4 is 0 Å². The summed E-state index contributed by atoms with van der Waals surface area (Å²) in [4.78, 5) is 0. The second-order valence-corrected chi connectivity index (χ2v) is 6.39. The van der Waals surface area contributed by atoms with Gasteiger partial charge in [-0.25, -0.2) is 0 Å². The number of likely N-dealkylation sites (N-methyl/N-ethyl adjacent to an activating group) is 1. The van der Waals surface area contributed by atoms with E-state index in [1.807, 2.05) is 17.2 Å². The molecule has 2 atom stereocenters. The second-order valence-electron chi connectivity index (χ2n) is 6.39. The molecule has 128 valence electrons. The predicted octanol–water partition coefficient (Wildman–Crippen LogP) is 5.59. The summed E-state index contributed by atoms with van der Waals surface area (Å²) >= 11 is 0. The molecule has 2 unspecified atom stereocenters. The van der Waals surface area contributed by atoms with Crippen molar-refractivity contribution in [2.75, 3.05) is 13.1 Å². The number of hydrogen-bond donors (Lipinski definition) is 0. The van der Waals surface area contributed by atoms with Crippen LogP contribution in [-0.2, 0) is 0 Å². The standard InChI is InChI=1S/C21H29N3/c1-5-7-11-21-16-24(6-2)23-22-18(4)20-12-9-8-10-19(15-20)14-13-17(21)3/h5,7-12,15,18,20H,1,6,13-14,16H2,2-4H3/b11-7-,21-17-,23-22-. The average molecular weight is 323 g/mol. The van der Waals surface area contributed by atoms with Gasteiger partial charge < -0.3 is 0 Å².